The van der Waals surface area contributed by atoms with Crippen LogP contribution in [-0.2, 0) is 4.74 Å². The maximum absolute atomic E-state index is 11.7. The van der Waals surface area contributed by atoms with Gasteiger partial charge in [0.25, 0.3) is 0 Å². The molecule has 5 fully saturated rings. The summed E-state index contributed by atoms with van der Waals surface area (Å²) in [6.07, 6.45) is 9.93. The van der Waals surface area contributed by atoms with Gasteiger partial charge in [0, 0.05) is 5.92 Å². The number of aliphatic hydroxyl groups excluding tert-OH is 3. The Hall–Kier alpha value is -0.160. The zero-order valence-electron chi connectivity index (χ0n) is 20.0. The minimum absolute atomic E-state index is 0.0570. The van der Waals surface area contributed by atoms with Crippen molar-refractivity contribution in [2.24, 2.45) is 52.3 Å². The van der Waals surface area contributed by atoms with Gasteiger partial charge in [-0.25, -0.2) is 0 Å². The molecule has 4 heteroatoms. The van der Waals surface area contributed by atoms with Gasteiger partial charge in [0.1, 0.15) is 0 Å². The van der Waals surface area contributed by atoms with Gasteiger partial charge < -0.3 is 20.1 Å². The lowest BCUT2D eigenvalue weighted by atomic mass is 9.43. The first kappa shape index (κ1) is 22.6. The van der Waals surface area contributed by atoms with Crippen LogP contribution in [-0.4, -0.2) is 46.8 Å². The van der Waals surface area contributed by atoms with Crippen molar-refractivity contribution in [3.05, 3.63) is 0 Å². The molecule has 4 nitrogen and oxygen atoms in total. The van der Waals surface area contributed by atoms with Crippen LogP contribution in [0.3, 0.4) is 0 Å². The Labute approximate surface area is 189 Å². The normalized spacial score (nSPS) is 53.2. The minimum atomic E-state index is -0.266. The summed E-state index contributed by atoms with van der Waals surface area (Å²) < 4.78 is 5.33. The molecule has 11 unspecified atom stereocenters. The third kappa shape index (κ3) is 3.54. The van der Waals surface area contributed by atoms with Crippen molar-refractivity contribution < 1.29 is 20.1 Å². The predicted molar refractivity (Wildman–Crippen MR) is 121 cm³/mol. The van der Waals surface area contributed by atoms with E-state index >= 15 is 0 Å². The fourth-order valence-corrected chi connectivity index (χ4v) is 9.51. The van der Waals surface area contributed by atoms with Gasteiger partial charge in [0.15, 0.2) is 0 Å². The molecule has 0 aromatic rings. The van der Waals surface area contributed by atoms with Crippen LogP contribution >= 0.6 is 0 Å². The fourth-order valence-electron chi connectivity index (χ4n) is 9.51. The summed E-state index contributed by atoms with van der Waals surface area (Å²) in [5.41, 5.74) is 0.110. The van der Waals surface area contributed by atoms with Crippen molar-refractivity contribution in [2.75, 3.05) is 13.2 Å². The molecule has 0 amide bonds. The van der Waals surface area contributed by atoms with Gasteiger partial charge in [0.05, 0.1) is 31.5 Å². The van der Waals surface area contributed by atoms with Crippen molar-refractivity contribution in [2.45, 2.75) is 103 Å². The zero-order chi connectivity index (χ0) is 22.0. The van der Waals surface area contributed by atoms with E-state index in [-0.39, 0.29) is 29.1 Å². The molecule has 0 aromatic heterocycles. The smallest absolute Gasteiger partial charge is 0.0602 e. The molecule has 11 atom stereocenters. The average molecular weight is 435 g/mol. The van der Waals surface area contributed by atoms with Crippen molar-refractivity contribution in [3.63, 3.8) is 0 Å². The van der Waals surface area contributed by atoms with Gasteiger partial charge in [-0.05, 0) is 97.7 Å². The number of fused-ring (bicyclic) bond motifs is 5. The van der Waals surface area contributed by atoms with Gasteiger partial charge in [-0.2, -0.15) is 0 Å². The summed E-state index contributed by atoms with van der Waals surface area (Å²) in [4.78, 5) is 0. The van der Waals surface area contributed by atoms with Gasteiger partial charge in [-0.1, -0.05) is 33.6 Å². The molecule has 1 saturated heterocycles. The van der Waals surface area contributed by atoms with Crippen molar-refractivity contribution in [3.8, 4) is 0 Å². The average Bonchev–Trinajstić information content (AvgIpc) is 3.04. The van der Waals surface area contributed by atoms with Gasteiger partial charge in [-0.15, -0.1) is 0 Å². The Morgan fingerprint density at radius 3 is 2.45 bits per heavy atom. The number of rotatable bonds is 5. The summed E-state index contributed by atoms with van der Waals surface area (Å²) >= 11 is 0. The highest BCUT2D eigenvalue weighted by Crippen LogP contribution is 2.68. The maximum Gasteiger partial charge on any atom is 0.0602 e. The van der Waals surface area contributed by atoms with Gasteiger partial charge in [0.2, 0.25) is 0 Å². The fraction of sp³-hybridized carbons (Fsp3) is 1.00. The van der Waals surface area contributed by atoms with E-state index in [2.05, 4.69) is 20.8 Å². The topological polar surface area (TPSA) is 69.9 Å². The van der Waals surface area contributed by atoms with Crippen LogP contribution in [0.25, 0.3) is 0 Å². The number of ether oxygens (including phenoxy) is 1. The second-order valence-corrected chi connectivity index (χ2v) is 12.8. The SMILES string of the molecule is CC(CCCC1COC1)C1CCC2C3C(O)CC4CC(O)CCC4(C)C3CC(O)C12C. The summed E-state index contributed by atoms with van der Waals surface area (Å²) in [5.74, 6) is 3.54. The second-order valence-electron chi connectivity index (χ2n) is 12.8. The van der Waals surface area contributed by atoms with E-state index in [0.717, 1.165) is 51.2 Å². The number of aliphatic hydroxyl groups is 3. The second kappa shape index (κ2) is 8.25. The van der Waals surface area contributed by atoms with Crippen LogP contribution in [0, 0.1) is 52.3 Å². The monoisotopic (exact) mass is 434 g/mol. The van der Waals surface area contributed by atoms with E-state index in [9.17, 15) is 15.3 Å². The predicted octanol–water partition coefficient (Wildman–Crippen LogP) is 4.40. The molecule has 0 spiro atoms. The molecule has 178 valence electrons. The molecule has 0 bridgehead atoms. The number of hydrogen-bond acceptors (Lipinski definition) is 4. The molecule has 1 aliphatic heterocycles. The summed E-state index contributed by atoms with van der Waals surface area (Å²) in [6.45, 7) is 9.12. The molecule has 0 aromatic carbocycles. The van der Waals surface area contributed by atoms with Crippen molar-refractivity contribution >= 4 is 0 Å². The lowest BCUT2D eigenvalue weighted by Crippen LogP contribution is -2.62. The van der Waals surface area contributed by atoms with Crippen LogP contribution in [0.4, 0.5) is 0 Å². The first-order valence-corrected chi connectivity index (χ1v) is 13.4. The quantitative estimate of drug-likeness (QED) is 0.600. The van der Waals surface area contributed by atoms with Crippen LogP contribution in [0.1, 0.15) is 85.0 Å². The zero-order valence-corrected chi connectivity index (χ0v) is 20.0. The van der Waals surface area contributed by atoms with Crippen LogP contribution in [0.2, 0.25) is 0 Å². The van der Waals surface area contributed by atoms with E-state index < -0.39 is 0 Å². The van der Waals surface area contributed by atoms with Crippen molar-refractivity contribution in [1.29, 1.82) is 0 Å². The summed E-state index contributed by atoms with van der Waals surface area (Å²) in [5, 5.41) is 33.3. The summed E-state index contributed by atoms with van der Waals surface area (Å²) in [6, 6.07) is 0. The van der Waals surface area contributed by atoms with E-state index in [1.807, 2.05) is 0 Å². The molecular formula is C27H46O4. The lowest BCUT2D eigenvalue weighted by molar-refractivity contribution is -0.207. The molecule has 1 heterocycles. The first-order valence-electron chi connectivity index (χ1n) is 13.4. The van der Waals surface area contributed by atoms with Crippen LogP contribution in [0.5, 0.6) is 0 Å². The van der Waals surface area contributed by atoms with Crippen molar-refractivity contribution in [1.82, 2.24) is 0 Å². The van der Waals surface area contributed by atoms with Gasteiger partial charge >= 0.3 is 0 Å². The maximum atomic E-state index is 11.7. The van der Waals surface area contributed by atoms with Gasteiger partial charge in [-0.3, -0.25) is 0 Å². The molecule has 3 N–H and O–H groups in total. The lowest BCUT2D eigenvalue weighted by Gasteiger charge is -2.63. The largest absolute Gasteiger partial charge is 0.393 e. The molecule has 4 aliphatic carbocycles. The Morgan fingerprint density at radius 1 is 0.968 bits per heavy atom. The third-order valence-corrected chi connectivity index (χ3v) is 11.5. The first-order chi connectivity index (χ1) is 14.7. The van der Waals surface area contributed by atoms with E-state index in [0.29, 0.717) is 35.5 Å². The Kier molecular flexibility index (Phi) is 6.02. The molecule has 5 aliphatic rings. The highest BCUT2D eigenvalue weighted by atomic mass is 16.5. The highest BCUT2D eigenvalue weighted by Gasteiger charge is 2.65. The minimum Gasteiger partial charge on any atom is -0.393 e. The number of hydrogen-bond donors (Lipinski definition) is 3. The molecule has 0 radical (unpaired) electrons. The van der Waals surface area contributed by atoms with Crippen LogP contribution < -0.4 is 0 Å². The molecule has 31 heavy (non-hydrogen) atoms. The van der Waals surface area contributed by atoms with E-state index in [1.54, 1.807) is 0 Å². The molecular weight excluding hydrogens is 388 g/mol. The highest BCUT2D eigenvalue weighted by molar-refractivity contribution is 5.14. The summed E-state index contributed by atoms with van der Waals surface area (Å²) in [7, 11) is 0. The standard InChI is InChI=1S/C27H46O4/c1-16(5-4-6-17-14-31-15-17)20-7-8-21-25-22(13-24(30)27(20,21)3)26(2)10-9-19(28)11-18(26)12-23(25)29/h16-25,28-30H,4-15H2,1-3H3. The Morgan fingerprint density at radius 2 is 1.74 bits per heavy atom. The van der Waals surface area contributed by atoms with Crippen LogP contribution in [0.15, 0.2) is 0 Å². The Balaban J connectivity index is 1.33. The van der Waals surface area contributed by atoms with E-state index in [1.165, 1.54) is 32.1 Å². The molecule has 4 saturated carbocycles. The van der Waals surface area contributed by atoms with E-state index in [4.69, 9.17) is 4.74 Å². The third-order valence-electron chi connectivity index (χ3n) is 11.5. The Bertz CT molecular complexity index is 649. The molecule has 5 rings (SSSR count).